The van der Waals surface area contributed by atoms with Gasteiger partial charge in [-0.25, -0.2) is 4.98 Å². The van der Waals surface area contributed by atoms with Crippen LogP contribution in [0, 0.1) is 0 Å². The highest BCUT2D eigenvalue weighted by Gasteiger charge is 2.35. The van der Waals surface area contributed by atoms with Crippen molar-refractivity contribution < 1.29 is 14.2 Å². The fourth-order valence-electron chi connectivity index (χ4n) is 2.82. The summed E-state index contributed by atoms with van der Waals surface area (Å²) in [4.78, 5) is 4.44. The monoisotopic (exact) mass is 277 g/mol. The molecule has 1 aliphatic rings. The average molecular weight is 277 g/mol. The van der Waals surface area contributed by atoms with E-state index in [2.05, 4.69) is 11.9 Å². The molecular weight excluding hydrogens is 258 g/mol. The average Bonchev–Trinajstić information content (AvgIpc) is 3.00. The predicted octanol–water partition coefficient (Wildman–Crippen LogP) is 1.77. The Bertz CT molecular complexity index is 645. The third-order valence-electron chi connectivity index (χ3n) is 3.92. The Morgan fingerprint density at radius 3 is 2.60 bits per heavy atom. The number of nitrogens with zero attached hydrogens (tertiary/aromatic N) is 2. The van der Waals surface area contributed by atoms with Gasteiger partial charge in [-0.3, -0.25) is 0 Å². The first-order chi connectivity index (χ1) is 9.59. The number of rotatable bonds is 3. The van der Waals surface area contributed by atoms with E-state index in [1.807, 2.05) is 16.7 Å². The van der Waals surface area contributed by atoms with Crippen molar-refractivity contribution in [2.75, 3.05) is 33.2 Å². The topological polar surface area (TPSA) is 71.5 Å². The van der Waals surface area contributed by atoms with Crippen molar-refractivity contribution in [1.82, 2.24) is 9.55 Å². The minimum atomic E-state index is -0.168. The molecule has 2 aromatic rings. The molecule has 0 radical (unpaired) electrons. The third-order valence-corrected chi connectivity index (χ3v) is 3.92. The molecule has 2 N–H and O–H groups in total. The Morgan fingerprint density at radius 2 is 2.00 bits per heavy atom. The number of aromatic nitrogens is 2. The molecule has 1 saturated heterocycles. The maximum Gasteiger partial charge on any atom is 0.201 e. The van der Waals surface area contributed by atoms with Crippen LogP contribution in [0.1, 0.15) is 13.3 Å². The van der Waals surface area contributed by atoms with Gasteiger partial charge in [-0.15, -0.1) is 0 Å². The van der Waals surface area contributed by atoms with Crippen LogP contribution in [0.3, 0.4) is 0 Å². The molecule has 1 unspecified atom stereocenters. The molecule has 1 atom stereocenters. The molecule has 108 valence electrons. The second-order valence-electron chi connectivity index (χ2n) is 5.30. The molecule has 20 heavy (non-hydrogen) atoms. The first-order valence-electron chi connectivity index (χ1n) is 6.57. The van der Waals surface area contributed by atoms with E-state index in [9.17, 15) is 0 Å². The van der Waals surface area contributed by atoms with Crippen LogP contribution in [0.15, 0.2) is 12.1 Å². The lowest BCUT2D eigenvalue weighted by molar-refractivity contribution is 0.164. The Kier molecular flexibility index (Phi) is 2.97. The maximum absolute atomic E-state index is 6.12. The van der Waals surface area contributed by atoms with E-state index < -0.39 is 0 Å². The molecule has 1 fully saturated rings. The normalized spacial score (nSPS) is 22.4. The van der Waals surface area contributed by atoms with Crippen molar-refractivity contribution in [3.05, 3.63) is 12.1 Å². The Labute approximate surface area is 117 Å². The molecule has 6 heteroatoms. The highest BCUT2D eigenvalue weighted by atomic mass is 16.5. The van der Waals surface area contributed by atoms with E-state index in [1.54, 1.807) is 14.2 Å². The van der Waals surface area contributed by atoms with E-state index in [1.165, 1.54) is 0 Å². The van der Waals surface area contributed by atoms with Crippen LogP contribution < -0.4 is 15.2 Å². The van der Waals surface area contributed by atoms with Crippen molar-refractivity contribution in [3.8, 4) is 11.5 Å². The summed E-state index contributed by atoms with van der Waals surface area (Å²) in [5.74, 6) is 1.81. The number of nitrogens with two attached hydrogens (primary N) is 1. The summed E-state index contributed by atoms with van der Waals surface area (Å²) >= 11 is 0. The number of anilines is 1. The van der Waals surface area contributed by atoms with Gasteiger partial charge in [0, 0.05) is 18.7 Å². The molecule has 0 aliphatic carbocycles. The summed E-state index contributed by atoms with van der Waals surface area (Å²) in [6, 6.07) is 3.77. The van der Waals surface area contributed by atoms with Crippen molar-refractivity contribution >= 4 is 17.0 Å². The Morgan fingerprint density at radius 1 is 1.30 bits per heavy atom. The van der Waals surface area contributed by atoms with Crippen LogP contribution in [0.4, 0.5) is 5.95 Å². The first-order valence-corrected chi connectivity index (χ1v) is 6.57. The zero-order chi connectivity index (χ0) is 14.3. The summed E-state index contributed by atoms with van der Waals surface area (Å²) in [5.41, 5.74) is 7.69. The fraction of sp³-hybridized carbons (Fsp3) is 0.500. The van der Waals surface area contributed by atoms with E-state index >= 15 is 0 Å². The molecule has 1 aromatic carbocycles. The standard InChI is InChI=1S/C14H19N3O3/c1-14(4-5-20-8-14)17-10-7-12(19-3)11(18-2)6-9(10)16-13(17)15/h6-7H,4-5,8H2,1-3H3,(H2,15,16). The predicted molar refractivity (Wildman–Crippen MR) is 76.3 cm³/mol. The molecule has 3 rings (SSSR count). The number of hydrogen-bond acceptors (Lipinski definition) is 5. The van der Waals surface area contributed by atoms with Crippen LogP contribution in [-0.2, 0) is 10.3 Å². The van der Waals surface area contributed by atoms with Gasteiger partial charge in [0.25, 0.3) is 0 Å². The first kappa shape index (κ1) is 13.1. The number of fused-ring (bicyclic) bond motifs is 1. The second-order valence-corrected chi connectivity index (χ2v) is 5.30. The third kappa shape index (κ3) is 1.79. The molecule has 0 bridgehead atoms. The minimum Gasteiger partial charge on any atom is -0.493 e. The second kappa shape index (κ2) is 4.56. The summed E-state index contributed by atoms with van der Waals surface area (Å²) in [6.07, 6.45) is 0.914. The largest absolute Gasteiger partial charge is 0.493 e. The van der Waals surface area contributed by atoms with Gasteiger partial charge in [0.05, 0.1) is 37.4 Å². The summed E-state index contributed by atoms with van der Waals surface area (Å²) in [6.45, 7) is 3.51. The van der Waals surface area contributed by atoms with Gasteiger partial charge in [-0.1, -0.05) is 0 Å². The highest BCUT2D eigenvalue weighted by molar-refractivity contribution is 5.83. The summed E-state index contributed by atoms with van der Waals surface area (Å²) < 4.78 is 18.2. The van der Waals surface area contributed by atoms with Gasteiger partial charge in [0.15, 0.2) is 11.5 Å². The molecular formula is C14H19N3O3. The summed E-state index contributed by atoms with van der Waals surface area (Å²) in [5, 5.41) is 0. The Balaban J connectivity index is 2.24. The van der Waals surface area contributed by atoms with Gasteiger partial charge >= 0.3 is 0 Å². The number of hydrogen-bond donors (Lipinski definition) is 1. The molecule has 1 aliphatic heterocycles. The number of methoxy groups -OCH3 is 2. The van der Waals surface area contributed by atoms with Crippen molar-refractivity contribution in [2.45, 2.75) is 18.9 Å². The fourth-order valence-corrected chi connectivity index (χ4v) is 2.82. The summed E-state index contributed by atoms with van der Waals surface area (Å²) in [7, 11) is 3.23. The van der Waals surface area contributed by atoms with Gasteiger partial charge in [-0.2, -0.15) is 0 Å². The minimum absolute atomic E-state index is 0.168. The van der Waals surface area contributed by atoms with Crippen LogP contribution in [0.25, 0.3) is 11.0 Å². The van der Waals surface area contributed by atoms with Crippen molar-refractivity contribution in [3.63, 3.8) is 0 Å². The smallest absolute Gasteiger partial charge is 0.201 e. The van der Waals surface area contributed by atoms with Crippen LogP contribution in [-0.4, -0.2) is 37.0 Å². The van der Waals surface area contributed by atoms with E-state index in [4.69, 9.17) is 19.9 Å². The lowest BCUT2D eigenvalue weighted by atomic mass is 10.0. The molecule has 1 aromatic heterocycles. The molecule has 0 amide bonds. The van der Waals surface area contributed by atoms with Gasteiger partial charge in [-0.05, 0) is 13.3 Å². The highest BCUT2D eigenvalue weighted by Crippen LogP contribution is 2.38. The van der Waals surface area contributed by atoms with E-state index in [0.29, 0.717) is 24.1 Å². The van der Waals surface area contributed by atoms with E-state index in [0.717, 1.165) is 24.1 Å². The zero-order valence-electron chi connectivity index (χ0n) is 12.0. The van der Waals surface area contributed by atoms with Crippen molar-refractivity contribution in [2.24, 2.45) is 0 Å². The Hall–Kier alpha value is -1.95. The number of benzene rings is 1. The van der Waals surface area contributed by atoms with Gasteiger partial charge < -0.3 is 24.5 Å². The lowest BCUT2D eigenvalue weighted by Gasteiger charge is -2.26. The van der Waals surface area contributed by atoms with Crippen LogP contribution in [0.5, 0.6) is 11.5 Å². The zero-order valence-corrected chi connectivity index (χ0v) is 12.0. The van der Waals surface area contributed by atoms with Crippen LogP contribution >= 0.6 is 0 Å². The van der Waals surface area contributed by atoms with E-state index in [-0.39, 0.29) is 5.54 Å². The molecule has 0 spiro atoms. The molecule has 2 heterocycles. The van der Waals surface area contributed by atoms with Gasteiger partial charge in [0.2, 0.25) is 5.95 Å². The maximum atomic E-state index is 6.12. The number of ether oxygens (including phenoxy) is 3. The molecule has 0 saturated carbocycles. The van der Waals surface area contributed by atoms with Gasteiger partial charge in [0.1, 0.15) is 0 Å². The number of imidazole rings is 1. The van der Waals surface area contributed by atoms with Crippen molar-refractivity contribution in [1.29, 1.82) is 0 Å². The quantitative estimate of drug-likeness (QED) is 0.925. The lowest BCUT2D eigenvalue weighted by Crippen LogP contribution is -2.31. The SMILES string of the molecule is COc1cc2nc(N)n(C3(C)CCOC3)c2cc1OC. The number of nitrogen functional groups attached to an aromatic ring is 1. The van der Waals surface area contributed by atoms with Crippen LogP contribution in [0.2, 0.25) is 0 Å². The molecule has 6 nitrogen and oxygen atoms in total.